The highest BCUT2D eigenvalue weighted by Crippen LogP contribution is 2.37. The molecule has 3 heterocycles. The smallest absolute Gasteiger partial charge is 0.237 e. The zero-order valence-electron chi connectivity index (χ0n) is 17.1. The van der Waals surface area contributed by atoms with Gasteiger partial charge in [0.2, 0.25) is 5.91 Å². The zero-order chi connectivity index (χ0) is 21.1. The Labute approximate surface area is 184 Å². The Bertz CT molecular complexity index is 1060. The third kappa shape index (κ3) is 4.20. The number of nitrogens with zero attached hydrogens (tertiary/aromatic N) is 4. The summed E-state index contributed by atoms with van der Waals surface area (Å²) in [6, 6.07) is 10.0. The highest BCUT2D eigenvalue weighted by Gasteiger charge is 2.25. The first-order valence-corrected chi connectivity index (χ1v) is 11.7. The number of rotatable bonds is 6. The largest absolute Gasteiger partial charge is 0.469 e. The molecule has 0 aliphatic carbocycles. The van der Waals surface area contributed by atoms with Crippen LogP contribution in [0, 0.1) is 6.92 Å². The molecule has 0 N–H and O–H groups in total. The first-order chi connectivity index (χ1) is 14.6. The molecule has 0 bridgehead atoms. The third-order valence-electron chi connectivity index (χ3n) is 5.00. The standard InChI is InChI=1S/C22H24N4O2S2/c1-4-11-26-21(17-10-13-28-16(17)3)23-24-22(26)29-14-20(27)25-12-9-15(2)30-19-8-6-5-7-18(19)25/h4-8,10,13,15H,1,9,11-12,14H2,2-3H3/t15-/m1/s1. The van der Waals surface area contributed by atoms with E-state index in [9.17, 15) is 4.79 Å². The van der Waals surface area contributed by atoms with Crippen molar-refractivity contribution in [3.63, 3.8) is 0 Å². The fraction of sp³-hybridized carbons (Fsp3) is 0.318. The number of thioether (sulfide) groups is 2. The molecule has 0 spiro atoms. The quantitative estimate of drug-likeness (QED) is 0.395. The second-order valence-electron chi connectivity index (χ2n) is 7.11. The molecule has 0 saturated carbocycles. The Morgan fingerprint density at radius 2 is 2.20 bits per heavy atom. The van der Waals surface area contributed by atoms with Crippen molar-refractivity contribution in [2.24, 2.45) is 0 Å². The van der Waals surface area contributed by atoms with Crippen LogP contribution in [0.25, 0.3) is 11.4 Å². The van der Waals surface area contributed by atoms with Gasteiger partial charge in [0.05, 0.1) is 23.3 Å². The van der Waals surface area contributed by atoms with Gasteiger partial charge in [-0.1, -0.05) is 36.9 Å². The summed E-state index contributed by atoms with van der Waals surface area (Å²) in [5.41, 5.74) is 1.90. The number of hydrogen-bond acceptors (Lipinski definition) is 6. The lowest BCUT2D eigenvalue weighted by Crippen LogP contribution is -2.33. The van der Waals surface area contributed by atoms with Crippen LogP contribution in [0.1, 0.15) is 19.1 Å². The Hall–Kier alpha value is -2.45. The van der Waals surface area contributed by atoms with Crippen LogP contribution in [0.4, 0.5) is 5.69 Å². The van der Waals surface area contributed by atoms with Gasteiger partial charge in [0, 0.05) is 23.2 Å². The maximum absolute atomic E-state index is 13.2. The Kier molecular flexibility index (Phi) is 6.34. The number of benzene rings is 1. The summed E-state index contributed by atoms with van der Waals surface area (Å²) < 4.78 is 7.39. The van der Waals surface area contributed by atoms with Gasteiger partial charge < -0.3 is 9.32 Å². The van der Waals surface area contributed by atoms with Gasteiger partial charge in [-0.05, 0) is 31.5 Å². The molecule has 1 aliphatic heterocycles. The van der Waals surface area contributed by atoms with Crippen molar-refractivity contribution in [2.45, 2.75) is 42.1 Å². The Morgan fingerprint density at radius 3 is 2.97 bits per heavy atom. The molecule has 8 heteroatoms. The lowest BCUT2D eigenvalue weighted by molar-refractivity contribution is -0.116. The fourth-order valence-corrected chi connectivity index (χ4v) is 5.39. The number of carbonyl (C=O) groups is 1. The zero-order valence-corrected chi connectivity index (χ0v) is 18.7. The first kappa shape index (κ1) is 20.8. The normalized spacial score (nSPS) is 16.2. The molecule has 0 saturated heterocycles. The van der Waals surface area contributed by atoms with Crippen molar-refractivity contribution in [1.29, 1.82) is 0 Å². The molecular weight excluding hydrogens is 416 g/mol. The molecular formula is C22H24N4O2S2. The van der Waals surface area contributed by atoms with E-state index < -0.39 is 0 Å². The minimum Gasteiger partial charge on any atom is -0.469 e. The lowest BCUT2D eigenvalue weighted by Gasteiger charge is -2.22. The molecule has 3 aromatic rings. The molecule has 30 heavy (non-hydrogen) atoms. The molecule has 1 aromatic carbocycles. The minimum absolute atomic E-state index is 0.0799. The summed E-state index contributed by atoms with van der Waals surface area (Å²) >= 11 is 3.24. The lowest BCUT2D eigenvalue weighted by atomic mass is 10.2. The monoisotopic (exact) mass is 440 g/mol. The summed E-state index contributed by atoms with van der Waals surface area (Å²) in [5.74, 6) is 1.89. The van der Waals surface area contributed by atoms with Crippen LogP contribution in [-0.2, 0) is 11.3 Å². The molecule has 1 aliphatic rings. The maximum atomic E-state index is 13.2. The second kappa shape index (κ2) is 9.14. The maximum Gasteiger partial charge on any atom is 0.237 e. The van der Waals surface area contributed by atoms with E-state index >= 15 is 0 Å². The summed E-state index contributed by atoms with van der Waals surface area (Å²) in [7, 11) is 0. The van der Waals surface area contributed by atoms with E-state index in [2.05, 4.69) is 29.8 Å². The molecule has 156 valence electrons. The number of carbonyl (C=O) groups excluding carboxylic acids is 1. The second-order valence-corrected chi connectivity index (χ2v) is 9.54. The summed E-state index contributed by atoms with van der Waals surface area (Å²) in [4.78, 5) is 16.2. The van der Waals surface area contributed by atoms with Crippen LogP contribution < -0.4 is 4.90 Å². The molecule has 4 rings (SSSR count). The van der Waals surface area contributed by atoms with E-state index in [0.717, 1.165) is 40.7 Å². The van der Waals surface area contributed by atoms with E-state index in [1.807, 2.05) is 52.4 Å². The Balaban J connectivity index is 1.54. The average Bonchev–Trinajstić information content (AvgIpc) is 3.28. The minimum atomic E-state index is 0.0799. The van der Waals surface area contributed by atoms with Crippen LogP contribution in [0.5, 0.6) is 0 Å². The van der Waals surface area contributed by atoms with Crippen LogP contribution in [0.2, 0.25) is 0 Å². The molecule has 0 unspecified atom stereocenters. The van der Waals surface area contributed by atoms with Crippen molar-refractivity contribution >= 4 is 35.1 Å². The van der Waals surface area contributed by atoms with Gasteiger partial charge in [0.25, 0.3) is 0 Å². The Morgan fingerprint density at radius 1 is 1.37 bits per heavy atom. The first-order valence-electron chi connectivity index (χ1n) is 9.86. The van der Waals surface area contributed by atoms with E-state index in [1.165, 1.54) is 11.8 Å². The predicted molar refractivity (Wildman–Crippen MR) is 122 cm³/mol. The van der Waals surface area contributed by atoms with Crippen molar-refractivity contribution in [2.75, 3.05) is 17.2 Å². The van der Waals surface area contributed by atoms with Crippen molar-refractivity contribution < 1.29 is 9.21 Å². The van der Waals surface area contributed by atoms with E-state index in [1.54, 1.807) is 12.3 Å². The van der Waals surface area contributed by atoms with Gasteiger partial charge in [-0.3, -0.25) is 9.36 Å². The molecule has 2 aromatic heterocycles. The SMILES string of the molecule is C=CCn1c(SCC(=O)N2CC[C@@H](C)Sc3ccccc32)nnc1-c1ccoc1C. The number of para-hydroxylation sites is 1. The number of fused-ring (bicyclic) bond motifs is 1. The van der Waals surface area contributed by atoms with Gasteiger partial charge in [0.15, 0.2) is 11.0 Å². The van der Waals surface area contributed by atoms with Crippen LogP contribution in [0.3, 0.4) is 0 Å². The van der Waals surface area contributed by atoms with Gasteiger partial charge in [-0.15, -0.1) is 28.5 Å². The van der Waals surface area contributed by atoms with Crippen LogP contribution >= 0.6 is 23.5 Å². The van der Waals surface area contributed by atoms with E-state index in [4.69, 9.17) is 4.42 Å². The van der Waals surface area contributed by atoms with Gasteiger partial charge in [0.1, 0.15) is 5.76 Å². The molecule has 0 radical (unpaired) electrons. The van der Waals surface area contributed by atoms with Crippen molar-refractivity contribution in [1.82, 2.24) is 14.8 Å². The number of hydrogen-bond donors (Lipinski definition) is 0. The molecule has 1 atom stereocenters. The van der Waals surface area contributed by atoms with Crippen molar-refractivity contribution in [3.8, 4) is 11.4 Å². The summed E-state index contributed by atoms with van der Waals surface area (Å²) in [6.45, 7) is 9.24. The molecule has 0 fully saturated rings. The van der Waals surface area contributed by atoms with E-state index in [0.29, 0.717) is 22.7 Å². The van der Waals surface area contributed by atoms with Crippen molar-refractivity contribution in [3.05, 3.63) is 55.0 Å². The number of aryl methyl sites for hydroxylation is 1. The number of furan rings is 1. The third-order valence-corrected chi connectivity index (χ3v) is 7.19. The van der Waals surface area contributed by atoms with Crippen LogP contribution in [-0.4, -0.2) is 38.2 Å². The number of allylic oxidation sites excluding steroid dienone is 1. The number of amides is 1. The van der Waals surface area contributed by atoms with Gasteiger partial charge in [-0.2, -0.15) is 0 Å². The topological polar surface area (TPSA) is 64.2 Å². The molecule has 6 nitrogen and oxygen atoms in total. The summed E-state index contributed by atoms with van der Waals surface area (Å²) in [5, 5.41) is 9.86. The number of aromatic nitrogens is 3. The number of anilines is 1. The van der Waals surface area contributed by atoms with Crippen LogP contribution in [0.15, 0.2) is 63.7 Å². The van der Waals surface area contributed by atoms with E-state index in [-0.39, 0.29) is 5.91 Å². The predicted octanol–water partition coefficient (Wildman–Crippen LogP) is 5.04. The molecule has 1 amide bonds. The van der Waals surface area contributed by atoms with Gasteiger partial charge in [-0.25, -0.2) is 0 Å². The fourth-order valence-electron chi connectivity index (χ4n) is 3.46. The highest BCUT2D eigenvalue weighted by atomic mass is 32.2. The summed E-state index contributed by atoms with van der Waals surface area (Å²) in [6.07, 6.45) is 4.41. The van der Waals surface area contributed by atoms with Gasteiger partial charge >= 0.3 is 0 Å². The average molecular weight is 441 g/mol. The highest BCUT2D eigenvalue weighted by molar-refractivity contribution is 8.00.